The van der Waals surface area contributed by atoms with Crippen LogP contribution in [0.25, 0.3) is 0 Å². The fourth-order valence-corrected chi connectivity index (χ4v) is 5.79. The first-order chi connectivity index (χ1) is 14.3. The number of nitrogens with one attached hydrogen (secondary N) is 1. The van der Waals surface area contributed by atoms with Crippen LogP contribution in [0.2, 0.25) is 0 Å². The van der Waals surface area contributed by atoms with E-state index in [-0.39, 0.29) is 0 Å². The molecule has 3 aromatic carbocycles. The van der Waals surface area contributed by atoms with Gasteiger partial charge in [-0.05, 0) is 42.7 Å². The first-order valence-corrected chi connectivity index (χ1v) is 11.6. The maximum atomic E-state index is 13.6. The summed E-state index contributed by atoms with van der Waals surface area (Å²) >= 11 is 0. The molecule has 150 valence electrons. The van der Waals surface area contributed by atoms with Crippen LogP contribution in [0, 0.1) is 0 Å². The molecule has 1 unspecified atom stereocenters. The SMILES string of the molecule is [O-][PH+]1N(c2ccccc2)CC[C@@H](CCNc2ccccc2)N1Cc1ccccc1. The second-order valence-electron chi connectivity index (χ2n) is 7.41. The molecular formula is C24H28N3OP. The molecule has 5 heteroatoms. The zero-order valence-corrected chi connectivity index (χ0v) is 17.6. The summed E-state index contributed by atoms with van der Waals surface area (Å²) in [5.74, 6) is 0. The lowest BCUT2D eigenvalue weighted by Gasteiger charge is -2.45. The van der Waals surface area contributed by atoms with Crippen LogP contribution in [0.15, 0.2) is 91.0 Å². The van der Waals surface area contributed by atoms with E-state index in [4.69, 9.17) is 0 Å². The molecule has 3 aromatic rings. The van der Waals surface area contributed by atoms with Crippen molar-refractivity contribution >= 4 is 19.8 Å². The zero-order valence-electron chi connectivity index (χ0n) is 16.6. The van der Waals surface area contributed by atoms with E-state index in [1.165, 1.54) is 5.56 Å². The van der Waals surface area contributed by atoms with Crippen molar-refractivity contribution in [2.24, 2.45) is 0 Å². The van der Waals surface area contributed by atoms with Gasteiger partial charge in [0.25, 0.3) is 0 Å². The molecule has 0 radical (unpaired) electrons. The molecule has 1 aliphatic heterocycles. The molecule has 1 heterocycles. The fourth-order valence-electron chi connectivity index (χ4n) is 3.90. The van der Waals surface area contributed by atoms with E-state index in [1.807, 2.05) is 42.5 Å². The predicted molar refractivity (Wildman–Crippen MR) is 122 cm³/mol. The Morgan fingerprint density at radius 1 is 0.862 bits per heavy atom. The minimum atomic E-state index is -2.07. The van der Waals surface area contributed by atoms with Crippen LogP contribution < -0.4 is 14.9 Å². The maximum Gasteiger partial charge on any atom is 0.117 e. The van der Waals surface area contributed by atoms with E-state index < -0.39 is 8.45 Å². The topological polar surface area (TPSA) is 41.6 Å². The van der Waals surface area contributed by atoms with Crippen molar-refractivity contribution < 1.29 is 4.89 Å². The Morgan fingerprint density at radius 2 is 1.48 bits per heavy atom. The Hall–Kier alpha value is -2.39. The van der Waals surface area contributed by atoms with Gasteiger partial charge in [0, 0.05) is 12.2 Å². The summed E-state index contributed by atoms with van der Waals surface area (Å²) in [5.41, 5.74) is 3.40. The third-order valence-electron chi connectivity index (χ3n) is 5.45. The summed E-state index contributed by atoms with van der Waals surface area (Å²) < 4.78 is 4.32. The third-order valence-corrected chi connectivity index (χ3v) is 7.41. The van der Waals surface area contributed by atoms with Crippen molar-refractivity contribution in [2.45, 2.75) is 25.4 Å². The molecule has 1 aliphatic rings. The number of hydrogen-bond acceptors (Lipinski definition) is 4. The van der Waals surface area contributed by atoms with Crippen molar-refractivity contribution in [2.75, 3.05) is 23.1 Å². The Morgan fingerprint density at radius 3 is 2.17 bits per heavy atom. The molecule has 0 spiro atoms. The molecular weight excluding hydrogens is 377 g/mol. The number of para-hydroxylation sites is 2. The van der Waals surface area contributed by atoms with Gasteiger partial charge in [-0.1, -0.05) is 66.7 Å². The quantitative estimate of drug-likeness (QED) is 0.584. The number of benzene rings is 3. The van der Waals surface area contributed by atoms with Crippen LogP contribution >= 0.6 is 8.45 Å². The Kier molecular flexibility index (Phi) is 6.79. The highest BCUT2D eigenvalue weighted by Crippen LogP contribution is 2.47. The number of anilines is 2. The van der Waals surface area contributed by atoms with Crippen LogP contribution in [0.3, 0.4) is 0 Å². The molecule has 4 nitrogen and oxygen atoms in total. The Bertz CT molecular complexity index is 861. The highest BCUT2D eigenvalue weighted by atomic mass is 31.2. The first-order valence-electron chi connectivity index (χ1n) is 10.3. The lowest BCUT2D eigenvalue weighted by Crippen LogP contribution is -2.47. The van der Waals surface area contributed by atoms with Crippen LogP contribution in [0.1, 0.15) is 18.4 Å². The monoisotopic (exact) mass is 405 g/mol. The molecule has 29 heavy (non-hydrogen) atoms. The van der Waals surface area contributed by atoms with Crippen LogP contribution in [0.5, 0.6) is 0 Å². The molecule has 1 N–H and O–H groups in total. The van der Waals surface area contributed by atoms with Crippen LogP contribution in [-0.2, 0) is 6.54 Å². The largest absolute Gasteiger partial charge is 0.648 e. The molecule has 0 saturated carbocycles. The van der Waals surface area contributed by atoms with Crippen molar-refractivity contribution in [1.82, 2.24) is 4.67 Å². The molecule has 0 aromatic heterocycles. The smallest absolute Gasteiger partial charge is 0.117 e. The van der Waals surface area contributed by atoms with Gasteiger partial charge >= 0.3 is 0 Å². The van der Waals surface area contributed by atoms with E-state index in [1.54, 1.807) is 0 Å². The molecule has 0 amide bonds. The van der Waals surface area contributed by atoms with Crippen LogP contribution in [-0.4, -0.2) is 23.8 Å². The van der Waals surface area contributed by atoms with Crippen molar-refractivity contribution in [3.05, 3.63) is 96.6 Å². The third kappa shape index (κ3) is 5.16. The van der Waals surface area contributed by atoms with Crippen LogP contribution in [0.4, 0.5) is 11.4 Å². The van der Waals surface area contributed by atoms with E-state index in [0.717, 1.165) is 43.9 Å². The first kappa shape index (κ1) is 19.9. The Balaban J connectivity index is 1.47. The maximum absolute atomic E-state index is 13.6. The highest BCUT2D eigenvalue weighted by Gasteiger charge is 2.36. The van der Waals surface area contributed by atoms with E-state index in [2.05, 4.69) is 63.2 Å². The van der Waals surface area contributed by atoms with Crippen molar-refractivity contribution in [1.29, 1.82) is 0 Å². The van der Waals surface area contributed by atoms with Gasteiger partial charge in [0.15, 0.2) is 0 Å². The number of rotatable bonds is 7. The lowest BCUT2D eigenvalue weighted by atomic mass is 10.1. The molecule has 4 rings (SSSR count). The number of hydrogen-bond donors (Lipinski definition) is 1. The van der Waals surface area contributed by atoms with Crippen molar-refractivity contribution in [3.63, 3.8) is 0 Å². The van der Waals surface area contributed by atoms with Gasteiger partial charge < -0.3 is 10.2 Å². The van der Waals surface area contributed by atoms with E-state index >= 15 is 0 Å². The lowest BCUT2D eigenvalue weighted by molar-refractivity contribution is -0.175. The second kappa shape index (κ2) is 9.89. The van der Waals surface area contributed by atoms with E-state index in [0.29, 0.717) is 6.04 Å². The van der Waals surface area contributed by atoms with Crippen molar-refractivity contribution in [3.8, 4) is 0 Å². The predicted octanol–water partition coefficient (Wildman–Crippen LogP) is 4.59. The minimum Gasteiger partial charge on any atom is -0.648 e. The van der Waals surface area contributed by atoms with Gasteiger partial charge in [0.05, 0.1) is 24.8 Å². The van der Waals surface area contributed by atoms with Gasteiger partial charge in [-0.2, -0.15) is 4.67 Å². The zero-order chi connectivity index (χ0) is 19.9. The average molecular weight is 405 g/mol. The average Bonchev–Trinajstić information content (AvgIpc) is 2.78. The summed E-state index contributed by atoms with van der Waals surface area (Å²) in [6.07, 6.45) is 1.98. The molecule has 2 atom stereocenters. The minimum absolute atomic E-state index is 0.303. The molecule has 0 aliphatic carbocycles. The summed E-state index contributed by atoms with van der Waals surface area (Å²) in [5, 5.41) is 3.50. The van der Waals surface area contributed by atoms with Gasteiger partial charge in [-0.3, -0.25) is 0 Å². The number of nitrogens with zero attached hydrogens (tertiary/aromatic N) is 2. The summed E-state index contributed by atoms with van der Waals surface area (Å²) in [6, 6.07) is 31.1. The second-order valence-corrected chi connectivity index (χ2v) is 9.09. The summed E-state index contributed by atoms with van der Waals surface area (Å²) in [4.78, 5) is 13.6. The molecule has 1 fully saturated rings. The molecule has 1 saturated heterocycles. The normalized spacial score (nSPS) is 19.8. The van der Waals surface area contributed by atoms with Gasteiger partial charge in [-0.25, -0.2) is 4.67 Å². The highest BCUT2D eigenvalue weighted by molar-refractivity contribution is 7.49. The fraction of sp³-hybridized carbons (Fsp3) is 0.250. The summed E-state index contributed by atoms with van der Waals surface area (Å²) in [7, 11) is -2.07. The van der Waals surface area contributed by atoms with E-state index in [9.17, 15) is 4.89 Å². The summed E-state index contributed by atoms with van der Waals surface area (Å²) in [6.45, 7) is 2.43. The van der Waals surface area contributed by atoms with Gasteiger partial charge in [0.2, 0.25) is 0 Å². The Labute approximate surface area is 174 Å². The standard InChI is InChI=1S/C24H28N3OP/c28-29-26(23-14-8-3-9-15-23)19-17-24(16-18-25-22-12-6-2-7-13-22)27(29)20-21-10-4-1-5-11-21/h1-15,24-25,29H,16-20H2/t24-/m1/s1. The molecule has 0 bridgehead atoms. The van der Waals surface area contributed by atoms with Gasteiger partial charge in [0.1, 0.15) is 8.45 Å². The van der Waals surface area contributed by atoms with Gasteiger partial charge in [-0.15, -0.1) is 0 Å².